The molecule has 0 fully saturated rings. The standard InChI is InChI=1S/C16H19Cl2N3/c1-4-6-14-19-15(18)11(2)16(20-14)21(3)10-12-7-5-8-13(17)9-12/h5,7-9H,4,6,10H2,1-3H3. The van der Waals surface area contributed by atoms with Gasteiger partial charge >= 0.3 is 0 Å². The molecule has 0 saturated heterocycles. The van der Waals surface area contributed by atoms with Crippen molar-refractivity contribution in [1.29, 1.82) is 0 Å². The van der Waals surface area contributed by atoms with Crippen molar-refractivity contribution in [3.63, 3.8) is 0 Å². The van der Waals surface area contributed by atoms with Crippen molar-refractivity contribution in [1.82, 2.24) is 9.97 Å². The Bertz CT molecular complexity index is 629. The molecule has 0 spiro atoms. The zero-order chi connectivity index (χ0) is 15.4. The fraction of sp³-hybridized carbons (Fsp3) is 0.375. The molecule has 112 valence electrons. The molecule has 0 aliphatic carbocycles. The van der Waals surface area contributed by atoms with Gasteiger partial charge in [0.05, 0.1) is 0 Å². The number of hydrogen-bond acceptors (Lipinski definition) is 3. The van der Waals surface area contributed by atoms with E-state index in [-0.39, 0.29) is 0 Å². The lowest BCUT2D eigenvalue weighted by Crippen LogP contribution is -2.20. The summed E-state index contributed by atoms with van der Waals surface area (Å²) in [6.45, 7) is 4.77. The lowest BCUT2D eigenvalue weighted by Gasteiger charge is -2.21. The fourth-order valence-corrected chi connectivity index (χ4v) is 2.61. The second kappa shape index (κ2) is 7.10. The third kappa shape index (κ3) is 4.08. The number of aryl methyl sites for hydroxylation is 1. The van der Waals surface area contributed by atoms with Gasteiger partial charge in [-0.2, -0.15) is 0 Å². The van der Waals surface area contributed by atoms with E-state index < -0.39 is 0 Å². The molecular formula is C16H19Cl2N3. The predicted octanol–water partition coefficient (Wildman–Crippen LogP) is 4.68. The molecule has 0 radical (unpaired) electrons. The van der Waals surface area contributed by atoms with E-state index in [1.165, 1.54) is 0 Å². The smallest absolute Gasteiger partial charge is 0.137 e. The summed E-state index contributed by atoms with van der Waals surface area (Å²) in [6, 6.07) is 7.83. The van der Waals surface area contributed by atoms with E-state index in [0.29, 0.717) is 5.15 Å². The number of halogens is 2. The molecule has 1 aromatic carbocycles. The van der Waals surface area contributed by atoms with Gasteiger partial charge in [-0.1, -0.05) is 42.3 Å². The minimum absolute atomic E-state index is 0.529. The average molecular weight is 324 g/mol. The van der Waals surface area contributed by atoms with Gasteiger partial charge in [0, 0.05) is 30.6 Å². The summed E-state index contributed by atoms with van der Waals surface area (Å²) >= 11 is 12.3. The summed E-state index contributed by atoms with van der Waals surface area (Å²) < 4.78 is 0. The summed E-state index contributed by atoms with van der Waals surface area (Å²) in [5, 5.41) is 1.27. The number of anilines is 1. The zero-order valence-electron chi connectivity index (χ0n) is 12.5. The lowest BCUT2D eigenvalue weighted by atomic mass is 10.2. The molecule has 0 N–H and O–H groups in total. The molecule has 3 nitrogen and oxygen atoms in total. The second-order valence-corrected chi connectivity index (χ2v) is 5.91. The van der Waals surface area contributed by atoms with E-state index in [1.807, 2.05) is 38.2 Å². The highest BCUT2D eigenvalue weighted by Crippen LogP contribution is 2.24. The molecule has 1 heterocycles. The molecule has 0 amide bonds. The number of hydrogen-bond donors (Lipinski definition) is 0. The number of nitrogens with zero attached hydrogens (tertiary/aromatic N) is 3. The topological polar surface area (TPSA) is 29.0 Å². The van der Waals surface area contributed by atoms with Crippen LogP contribution in [0.4, 0.5) is 5.82 Å². The molecule has 0 aliphatic rings. The minimum atomic E-state index is 0.529. The van der Waals surface area contributed by atoms with Gasteiger partial charge in [-0.3, -0.25) is 0 Å². The Hall–Kier alpha value is -1.32. The van der Waals surface area contributed by atoms with Gasteiger partial charge in [0.2, 0.25) is 0 Å². The maximum absolute atomic E-state index is 6.23. The zero-order valence-corrected chi connectivity index (χ0v) is 14.0. The first kappa shape index (κ1) is 16.1. The van der Waals surface area contributed by atoms with Crippen molar-refractivity contribution in [2.75, 3.05) is 11.9 Å². The van der Waals surface area contributed by atoms with Crippen molar-refractivity contribution >= 4 is 29.0 Å². The van der Waals surface area contributed by atoms with Gasteiger partial charge in [-0.05, 0) is 31.0 Å². The second-order valence-electron chi connectivity index (χ2n) is 5.12. The van der Waals surface area contributed by atoms with Crippen LogP contribution in [0.25, 0.3) is 0 Å². The SMILES string of the molecule is CCCc1nc(Cl)c(C)c(N(C)Cc2cccc(Cl)c2)n1. The molecule has 0 unspecified atom stereocenters. The third-order valence-corrected chi connectivity index (χ3v) is 3.85. The maximum Gasteiger partial charge on any atom is 0.137 e. The fourth-order valence-electron chi connectivity index (χ4n) is 2.21. The van der Waals surface area contributed by atoms with Crippen LogP contribution in [-0.2, 0) is 13.0 Å². The first-order valence-corrected chi connectivity index (χ1v) is 7.75. The van der Waals surface area contributed by atoms with Crippen LogP contribution in [0.5, 0.6) is 0 Å². The van der Waals surface area contributed by atoms with Crippen molar-refractivity contribution in [3.05, 3.63) is 51.4 Å². The van der Waals surface area contributed by atoms with E-state index >= 15 is 0 Å². The van der Waals surface area contributed by atoms with E-state index in [1.54, 1.807) is 0 Å². The van der Waals surface area contributed by atoms with Crippen molar-refractivity contribution in [2.45, 2.75) is 33.2 Å². The van der Waals surface area contributed by atoms with Crippen LogP contribution in [-0.4, -0.2) is 17.0 Å². The highest BCUT2D eigenvalue weighted by Gasteiger charge is 2.13. The number of rotatable bonds is 5. The number of aromatic nitrogens is 2. The molecule has 1 aromatic heterocycles. The van der Waals surface area contributed by atoms with Crippen LogP contribution in [0, 0.1) is 6.92 Å². The van der Waals surface area contributed by atoms with Gasteiger partial charge in [-0.25, -0.2) is 9.97 Å². The summed E-state index contributed by atoms with van der Waals surface area (Å²) in [5.41, 5.74) is 2.04. The minimum Gasteiger partial charge on any atom is -0.355 e. The van der Waals surface area contributed by atoms with Crippen molar-refractivity contribution in [3.8, 4) is 0 Å². The Morgan fingerprint density at radius 3 is 2.62 bits per heavy atom. The van der Waals surface area contributed by atoms with Gasteiger partial charge < -0.3 is 4.90 Å². The molecule has 5 heteroatoms. The van der Waals surface area contributed by atoms with Crippen molar-refractivity contribution in [2.24, 2.45) is 0 Å². The Balaban J connectivity index is 2.27. The van der Waals surface area contributed by atoms with Crippen LogP contribution in [0.3, 0.4) is 0 Å². The van der Waals surface area contributed by atoms with Crippen molar-refractivity contribution < 1.29 is 0 Å². The van der Waals surface area contributed by atoms with Crippen LogP contribution in [0.1, 0.15) is 30.3 Å². The van der Waals surface area contributed by atoms with Gasteiger partial charge in [-0.15, -0.1) is 0 Å². The molecule has 2 rings (SSSR count). The van der Waals surface area contributed by atoms with Gasteiger partial charge in [0.25, 0.3) is 0 Å². The first-order chi connectivity index (χ1) is 10.0. The summed E-state index contributed by atoms with van der Waals surface area (Å²) in [6.07, 6.45) is 1.83. The highest BCUT2D eigenvalue weighted by atomic mass is 35.5. The molecular weight excluding hydrogens is 305 g/mol. The Morgan fingerprint density at radius 2 is 1.95 bits per heavy atom. The Kier molecular flexibility index (Phi) is 5.43. The van der Waals surface area contributed by atoms with E-state index in [0.717, 1.165) is 47.2 Å². The molecule has 0 bridgehead atoms. The van der Waals surface area contributed by atoms with Crippen LogP contribution in [0.15, 0.2) is 24.3 Å². The van der Waals surface area contributed by atoms with Crippen LogP contribution >= 0.6 is 23.2 Å². The van der Waals surface area contributed by atoms with E-state index in [4.69, 9.17) is 23.2 Å². The van der Waals surface area contributed by atoms with E-state index in [9.17, 15) is 0 Å². The quantitative estimate of drug-likeness (QED) is 0.748. The third-order valence-electron chi connectivity index (χ3n) is 3.25. The lowest BCUT2D eigenvalue weighted by molar-refractivity contribution is 0.806. The summed E-state index contributed by atoms with van der Waals surface area (Å²) in [4.78, 5) is 11.0. The molecule has 21 heavy (non-hydrogen) atoms. The monoisotopic (exact) mass is 323 g/mol. The Morgan fingerprint density at radius 1 is 1.19 bits per heavy atom. The normalized spacial score (nSPS) is 10.7. The Labute approximate surface area is 135 Å². The highest BCUT2D eigenvalue weighted by molar-refractivity contribution is 6.30. The van der Waals surface area contributed by atoms with Crippen LogP contribution in [0.2, 0.25) is 10.2 Å². The average Bonchev–Trinajstić information content (AvgIpc) is 2.43. The molecule has 2 aromatic rings. The maximum atomic E-state index is 6.23. The molecule has 0 aliphatic heterocycles. The largest absolute Gasteiger partial charge is 0.355 e. The van der Waals surface area contributed by atoms with Gasteiger partial charge in [0.1, 0.15) is 16.8 Å². The van der Waals surface area contributed by atoms with Crippen LogP contribution < -0.4 is 4.90 Å². The predicted molar refractivity (Wildman–Crippen MR) is 89.3 cm³/mol. The summed E-state index contributed by atoms with van der Waals surface area (Å²) in [5.74, 6) is 1.67. The van der Waals surface area contributed by atoms with Gasteiger partial charge in [0.15, 0.2) is 0 Å². The number of benzene rings is 1. The van der Waals surface area contributed by atoms with E-state index in [2.05, 4.69) is 21.8 Å². The molecule has 0 atom stereocenters. The summed E-state index contributed by atoms with van der Waals surface area (Å²) in [7, 11) is 2.00. The molecule has 0 saturated carbocycles. The first-order valence-electron chi connectivity index (χ1n) is 7.00.